The molecule has 0 aliphatic heterocycles. The molecule has 0 saturated heterocycles. The van der Waals surface area contributed by atoms with Gasteiger partial charge >= 0.3 is 0 Å². The van der Waals surface area contributed by atoms with Crippen molar-refractivity contribution in [2.45, 2.75) is 26.8 Å². The van der Waals surface area contributed by atoms with Crippen molar-refractivity contribution in [1.82, 2.24) is 9.97 Å². The van der Waals surface area contributed by atoms with Gasteiger partial charge in [-0.3, -0.25) is 0 Å². The zero-order valence-corrected chi connectivity index (χ0v) is 10.8. The highest BCUT2D eigenvalue weighted by Gasteiger charge is 2.04. The van der Waals surface area contributed by atoms with E-state index in [9.17, 15) is 0 Å². The van der Waals surface area contributed by atoms with Crippen LogP contribution in [-0.4, -0.2) is 9.97 Å². The molecule has 4 N–H and O–H groups in total. The second kappa shape index (κ2) is 5.14. The number of nitrogen functional groups attached to an aromatic ring is 1. The summed E-state index contributed by atoms with van der Waals surface area (Å²) in [5.41, 5.74) is 15.9. The molecule has 0 aliphatic rings. The minimum Gasteiger partial charge on any atom is -0.383 e. The van der Waals surface area contributed by atoms with Gasteiger partial charge in [0.1, 0.15) is 11.6 Å². The Kier molecular flexibility index (Phi) is 3.58. The van der Waals surface area contributed by atoms with E-state index in [4.69, 9.17) is 11.5 Å². The Morgan fingerprint density at radius 3 is 2.56 bits per heavy atom. The third kappa shape index (κ3) is 2.65. The first kappa shape index (κ1) is 12.5. The number of hydrogen-bond donors (Lipinski definition) is 2. The zero-order chi connectivity index (χ0) is 13.1. The summed E-state index contributed by atoms with van der Waals surface area (Å²) in [5.74, 6) is 1.21. The van der Waals surface area contributed by atoms with Gasteiger partial charge in [0.25, 0.3) is 0 Å². The Balaban J connectivity index is 2.23. The van der Waals surface area contributed by atoms with E-state index in [0.717, 1.165) is 11.4 Å². The summed E-state index contributed by atoms with van der Waals surface area (Å²) >= 11 is 0. The van der Waals surface area contributed by atoms with E-state index in [-0.39, 0.29) is 0 Å². The lowest BCUT2D eigenvalue weighted by atomic mass is 10.0. The molecule has 1 heterocycles. The summed E-state index contributed by atoms with van der Waals surface area (Å²) in [7, 11) is 0. The molecule has 0 saturated carbocycles. The van der Waals surface area contributed by atoms with Gasteiger partial charge in [-0.15, -0.1) is 0 Å². The van der Waals surface area contributed by atoms with E-state index in [1.807, 2.05) is 0 Å². The normalized spacial score (nSPS) is 10.6. The fourth-order valence-electron chi connectivity index (χ4n) is 1.80. The molecular weight excluding hydrogens is 224 g/mol. The summed E-state index contributed by atoms with van der Waals surface area (Å²) in [5, 5.41) is 0. The fourth-order valence-corrected chi connectivity index (χ4v) is 1.80. The van der Waals surface area contributed by atoms with Crippen LogP contribution in [0.3, 0.4) is 0 Å². The van der Waals surface area contributed by atoms with E-state index in [1.165, 1.54) is 16.7 Å². The Bertz CT molecular complexity index is 564. The van der Waals surface area contributed by atoms with Crippen molar-refractivity contribution in [3.8, 4) is 0 Å². The smallest absolute Gasteiger partial charge is 0.135 e. The number of nitrogens with zero attached hydrogens (tertiary/aromatic N) is 2. The van der Waals surface area contributed by atoms with Crippen molar-refractivity contribution < 1.29 is 0 Å². The van der Waals surface area contributed by atoms with Crippen LogP contribution in [0.15, 0.2) is 24.4 Å². The summed E-state index contributed by atoms with van der Waals surface area (Å²) in [6.07, 6.45) is 2.40. The fraction of sp³-hybridized carbons (Fsp3) is 0.286. The molecule has 0 bridgehead atoms. The zero-order valence-electron chi connectivity index (χ0n) is 10.8. The maximum absolute atomic E-state index is 5.81. The third-order valence-electron chi connectivity index (χ3n) is 3.10. The van der Waals surface area contributed by atoms with Crippen LogP contribution in [0.1, 0.15) is 28.1 Å². The highest BCUT2D eigenvalue weighted by atomic mass is 14.9. The number of hydrogen-bond acceptors (Lipinski definition) is 4. The summed E-state index contributed by atoms with van der Waals surface area (Å²) in [6, 6.07) is 6.37. The van der Waals surface area contributed by atoms with Gasteiger partial charge in [0, 0.05) is 24.7 Å². The van der Waals surface area contributed by atoms with Crippen LogP contribution in [0, 0.1) is 13.8 Å². The molecular formula is C14H18N4. The summed E-state index contributed by atoms with van der Waals surface area (Å²) in [6.45, 7) is 4.57. The average Bonchev–Trinajstić information content (AvgIpc) is 2.34. The molecule has 0 atom stereocenters. The standard InChI is InChI=1S/C14H18N4/c1-9-3-4-11(5-10(9)2)6-13-17-8-12(7-15)14(16)18-13/h3-5,8H,6-7,15H2,1-2H3,(H2,16,17,18). The highest BCUT2D eigenvalue weighted by Crippen LogP contribution is 2.14. The molecule has 0 spiro atoms. The van der Waals surface area contributed by atoms with E-state index in [1.54, 1.807) is 6.20 Å². The van der Waals surface area contributed by atoms with Gasteiger partial charge < -0.3 is 11.5 Å². The monoisotopic (exact) mass is 242 g/mol. The number of aryl methyl sites for hydroxylation is 2. The molecule has 0 amide bonds. The van der Waals surface area contributed by atoms with Crippen molar-refractivity contribution in [2.24, 2.45) is 5.73 Å². The SMILES string of the molecule is Cc1ccc(Cc2ncc(CN)c(N)n2)cc1C. The molecule has 2 aromatic rings. The van der Waals surface area contributed by atoms with Crippen molar-refractivity contribution in [3.63, 3.8) is 0 Å². The van der Waals surface area contributed by atoms with Gasteiger partial charge in [-0.25, -0.2) is 9.97 Å². The molecule has 0 radical (unpaired) electrons. The largest absolute Gasteiger partial charge is 0.383 e. The molecule has 0 aliphatic carbocycles. The van der Waals surface area contributed by atoms with E-state index in [2.05, 4.69) is 42.0 Å². The summed E-state index contributed by atoms with van der Waals surface area (Å²) < 4.78 is 0. The lowest BCUT2D eigenvalue weighted by Gasteiger charge is -2.06. The first-order valence-electron chi connectivity index (χ1n) is 5.96. The Morgan fingerprint density at radius 2 is 1.94 bits per heavy atom. The van der Waals surface area contributed by atoms with E-state index < -0.39 is 0 Å². The lowest BCUT2D eigenvalue weighted by molar-refractivity contribution is 0.932. The van der Waals surface area contributed by atoms with Crippen LogP contribution in [0.25, 0.3) is 0 Å². The van der Waals surface area contributed by atoms with Crippen molar-refractivity contribution in [2.75, 3.05) is 5.73 Å². The molecule has 1 aromatic heterocycles. The van der Waals surface area contributed by atoms with Crippen LogP contribution in [0.2, 0.25) is 0 Å². The van der Waals surface area contributed by atoms with Crippen LogP contribution < -0.4 is 11.5 Å². The molecule has 4 nitrogen and oxygen atoms in total. The molecule has 0 unspecified atom stereocenters. The van der Waals surface area contributed by atoms with Gasteiger partial charge in [-0.2, -0.15) is 0 Å². The molecule has 2 rings (SSSR count). The lowest BCUT2D eigenvalue weighted by Crippen LogP contribution is -2.07. The van der Waals surface area contributed by atoms with Gasteiger partial charge in [0.15, 0.2) is 0 Å². The molecule has 94 valence electrons. The van der Waals surface area contributed by atoms with Gasteiger partial charge in [0.05, 0.1) is 0 Å². The Labute approximate surface area is 107 Å². The van der Waals surface area contributed by atoms with Gasteiger partial charge in [-0.05, 0) is 30.5 Å². The van der Waals surface area contributed by atoms with Crippen LogP contribution in [0.5, 0.6) is 0 Å². The van der Waals surface area contributed by atoms with Crippen LogP contribution in [-0.2, 0) is 13.0 Å². The topological polar surface area (TPSA) is 77.8 Å². The molecule has 1 aromatic carbocycles. The highest BCUT2D eigenvalue weighted by molar-refractivity contribution is 5.38. The second-order valence-corrected chi connectivity index (χ2v) is 4.50. The molecule has 4 heteroatoms. The molecule has 18 heavy (non-hydrogen) atoms. The Hall–Kier alpha value is -1.94. The first-order chi connectivity index (χ1) is 8.60. The quantitative estimate of drug-likeness (QED) is 0.859. The number of rotatable bonds is 3. The Morgan fingerprint density at radius 1 is 1.17 bits per heavy atom. The average molecular weight is 242 g/mol. The molecule has 0 fully saturated rings. The van der Waals surface area contributed by atoms with Gasteiger partial charge in [-0.1, -0.05) is 18.2 Å². The van der Waals surface area contributed by atoms with Crippen LogP contribution in [0.4, 0.5) is 5.82 Å². The van der Waals surface area contributed by atoms with Crippen molar-refractivity contribution in [3.05, 3.63) is 52.5 Å². The minimum absolute atomic E-state index is 0.371. The number of aromatic nitrogens is 2. The van der Waals surface area contributed by atoms with Crippen molar-refractivity contribution >= 4 is 5.82 Å². The predicted octanol–water partition coefficient (Wildman–Crippen LogP) is 1.73. The maximum Gasteiger partial charge on any atom is 0.135 e. The minimum atomic E-state index is 0.371. The number of nitrogens with two attached hydrogens (primary N) is 2. The maximum atomic E-state index is 5.81. The summed E-state index contributed by atoms with van der Waals surface area (Å²) in [4.78, 5) is 8.56. The third-order valence-corrected chi connectivity index (χ3v) is 3.10. The number of benzene rings is 1. The van der Waals surface area contributed by atoms with E-state index in [0.29, 0.717) is 18.8 Å². The predicted molar refractivity (Wildman–Crippen MR) is 73.1 cm³/mol. The van der Waals surface area contributed by atoms with E-state index >= 15 is 0 Å². The number of anilines is 1. The van der Waals surface area contributed by atoms with Gasteiger partial charge in [0.2, 0.25) is 0 Å². The van der Waals surface area contributed by atoms with Crippen molar-refractivity contribution in [1.29, 1.82) is 0 Å². The van der Waals surface area contributed by atoms with Crippen LogP contribution >= 0.6 is 0 Å². The first-order valence-corrected chi connectivity index (χ1v) is 5.96. The second-order valence-electron chi connectivity index (χ2n) is 4.50.